The maximum atomic E-state index is 13.3. The fraction of sp³-hybridized carbons (Fsp3) is 0.963. The van der Waals surface area contributed by atoms with E-state index in [4.69, 9.17) is 30.2 Å². The Kier molecular flexibility index (Phi) is 13.8. The number of hydrogen-bond donors (Lipinski definition) is 0. The minimum atomic E-state index is -2.21. The van der Waals surface area contributed by atoms with Crippen LogP contribution in [-0.2, 0) is 32.3 Å². The molecule has 220 valence electrons. The second-order valence-electron chi connectivity index (χ2n) is 10.4. The monoisotopic (exact) mass is 581 g/mol. The predicted octanol–water partition coefficient (Wildman–Crippen LogP) is 6.74. The molecule has 0 aliphatic carbocycles. The Morgan fingerprint density at radius 2 is 1.11 bits per heavy atom. The molecule has 1 fully saturated rings. The highest BCUT2D eigenvalue weighted by atomic mass is 28.4. The summed E-state index contributed by atoms with van der Waals surface area (Å²) in [7, 11) is -6.69. The molecule has 0 amide bonds. The van der Waals surface area contributed by atoms with Gasteiger partial charge in [-0.15, -0.1) is 0 Å². The topological polar surface area (TPSA) is 72.5 Å². The van der Waals surface area contributed by atoms with Gasteiger partial charge in [0.2, 0.25) is 0 Å². The predicted molar refractivity (Wildman–Crippen MR) is 159 cm³/mol. The third kappa shape index (κ3) is 8.22. The van der Waals surface area contributed by atoms with Gasteiger partial charge >= 0.3 is 5.97 Å². The number of hydrogen-bond acceptors (Lipinski definition) is 7. The van der Waals surface area contributed by atoms with Crippen LogP contribution in [-0.4, -0.2) is 82.2 Å². The molecule has 0 radical (unpaired) electrons. The molecular formula is C27H58O7Si3. The summed E-state index contributed by atoms with van der Waals surface area (Å²) < 4.78 is 54.0. The second kappa shape index (κ2) is 16.2. The van der Waals surface area contributed by atoms with Crippen molar-refractivity contribution in [2.45, 2.75) is 147 Å². The van der Waals surface area contributed by atoms with Gasteiger partial charge in [-0.05, 0) is 54.4 Å². The summed E-state index contributed by atoms with van der Waals surface area (Å²) in [6.45, 7) is 19.6. The van der Waals surface area contributed by atoms with Crippen molar-refractivity contribution < 1.29 is 35.0 Å². The Hall–Kier alpha value is -0.0794. The summed E-state index contributed by atoms with van der Waals surface area (Å²) in [5, 5.41) is 0. The molecule has 1 aliphatic rings. The molecule has 7 nitrogen and oxygen atoms in total. The van der Waals surface area contributed by atoms with Crippen LogP contribution in [0.3, 0.4) is 0 Å². The maximum absolute atomic E-state index is 13.3. The first-order valence-corrected chi connectivity index (χ1v) is 22.3. The zero-order valence-corrected chi connectivity index (χ0v) is 28.4. The molecule has 0 bridgehead atoms. The lowest BCUT2D eigenvalue weighted by atomic mass is 9.95. The number of esters is 1. The quantitative estimate of drug-likeness (QED) is 0.131. The Morgan fingerprint density at radius 1 is 0.730 bits per heavy atom. The van der Waals surface area contributed by atoms with Crippen molar-refractivity contribution in [3.63, 3.8) is 0 Å². The molecule has 1 rings (SSSR count). The van der Waals surface area contributed by atoms with Crippen LogP contribution < -0.4 is 0 Å². The van der Waals surface area contributed by atoms with Crippen LogP contribution in [0, 0.1) is 0 Å². The van der Waals surface area contributed by atoms with Gasteiger partial charge in [-0.1, -0.05) is 62.3 Å². The number of carbonyl (C=O) groups excluding carboxylic acids is 1. The Bertz CT molecular complexity index is 682. The molecule has 6 atom stereocenters. The van der Waals surface area contributed by atoms with Crippen molar-refractivity contribution in [3.8, 4) is 0 Å². The fourth-order valence-corrected chi connectivity index (χ4v) is 14.3. The molecule has 0 aromatic carbocycles. The fourth-order valence-electron chi connectivity index (χ4n) is 5.72. The maximum Gasteiger partial charge on any atom is 0.337 e. The van der Waals surface area contributed by atoms with Crippen LogP contribution in [0.25, 0.3) is 0 Å². The van der Waals surface area contributed by atoms with Crippen LogP contribution >= 0.6 is 0 Å². The van der Waals surface area contributed by atoms with Gasteiger partial charge in [-0.3, -0.25) is 0 Å². The van der Waals surface area contributed by atoms with E-state index in [-0.39, 0.29) is 6.61 Å². The Balaban J connectivity index is 3.88. The van der Waals surface area contributed by atoms with Crippen LogP contribution in [0.1, 0.15) is 65.1 Å². The average Bonchev–Trinajstić information content (AvgIpc) is 2.97. The molecule has 0 aromatic heterocycles. The first kappa shape index (κ1) is 31.4. The third-order valence-electron chi connectivity index (χ3n) is 9.29. The van der Waals surface area contributed by atoms with Gasteiger partial charge in [0.15, 0.2) is 31.1 Å². The molecule has 1 heterocycles. The largest absolute Gasteiger partial charge is 0.467 e. The van der Waals surface area contributed by atoms with Gasteiger partial charge in [0.1, 0.15) is 24.4 Å². The summed E-state index contributed by atoms with van der Waals surface area (Å²) in [5.41, 5.74) is 0. The van der Waals surface area contributed by atoms with Crippen molar-refractivity contribution in [1.82, 2.24) is 0 Å². The minimum absolute atomic E-state index is 0.0408. The van der Waals surface area contributed by atoms with E-state index >= 15 is 0 Å². The van der Waals surface area contributed by atoms with Crippen molar-refractivity contribution >= 4 is 30.9 Å². The normalized spacial score (nSPS) is 26.9. The highest BCUT2D eigenvalue weighted by molar-refractivity contribution is 6.74. The number of carbonyl (C=O) groups is 1. The van der Waals surface area contributed by atoms with Gasteiger partial charge in [-0.25, -0.2) is 4.79 Å². The molecule has 0 aromatic rings. The third-order valence-corrected chi connectivity index (χ3v) is 23.2. The Labute approximate surface area is 233 Å². The highest BCUT2D eigenvalue weighted by Crippen LogP contribution is 2.39. The summed E-state index contributed by atoms with van der Waals surface area (Å²) in [6.07, 6.45) is -3.42. The van der Waals surface area contributed by atoms with Crippen LogP contribution in [0.15, 0.2) is 0 Å². The zero-order chi connectivity index (χ0) is 29.9. The second-order valence-corrected chi connectivity index (χ2v) is 24.6. The molecule has 1 aliphatic heterocycles. The number of rotatable bonds is 18. The lowest BCUT2D eigenvalue weighted by Crippen LogP contribution is -2.68. The van der Waals surface area contributed by atoms with Crippen molar-refractivity contribution in [2.75, 3.05) is 20.8 Å². The highest BCUT2D eigenvalue weighted by Gasteiger charge is 2.56. The van der Waals surface area contributed by atoms with E-state index in [1.54, 1.807) is 0 Å². The molecular weight excluding hydrogens is 521 g/mol. The molecule has 0 N–H and O–H groups in total. The van der Waals surface area contributed by atoms with E-state index in [1.165, 1.54) is 7.11 Å². The van der Waals surface area contributed by atoms with Gasteiger partial charge in [0, 0.05) is 7.06 Å². The summed E-state index contributed by atoms with van der Waals surface area (Å²) in [4.78, 5) is 13.3. The molecule has 0 saturated carbocycles. The molecule has 37 heavy (non-hydrogen) atoms. The van der Waals surface area contributed by atoms with E-state index in [0.29, 0.717) is 0 Å². The van der Waals surface area contributed by atoms with Crippen molar-refractivity contribution in [2.24, 2.45) is 0 Å². The van der Waals surface area contributed by atoms with E-state index < -0.39 is 68.5 Å². The van der Waals surface area contributed by atoms with Crippen LogP contribution in [0.4, 0.5) is 0 Å². The summed E-state index contributed by atoms with van der Waals surface area (Å²) in [5.74, 6) is -0.502. The first-order chi connectivity index (χ1) is 18.5. The molecule has 10 heteroatoms. The van der Waals surface area contributed by atoms with E-state index in [1.807, 2.05) is 0 Å². The van der Waals surface area contributed by atoms with Gasteiger partial charge in [0.05, 0.1) is 16.5 Å². The molecule has 1 saturated heterocycles. The van der Waals surface area contributed by atoms with E-state index in [9.17, 15) is 4.79 Å². The van der Waals surface area contributed by atoms with Crippen molar-refractivity contribution in [3.05, 3.63) is 0 Å². The van der Waals surface area contributed by atoms with E-state index in [0.717, 1.165) is 54.4 Å². The van der Waals surface area contributed by atoms with Gasteiger partial charge < -0.3 is 27.5 Å². The zero-order valence-electron chi connectivity index (χ0n) is 27.4. The van der Waals surface area contributed by atoms with Gasteiger partial charge in [-0.2, -0.15) is 0 Å². The standard InChI is InChI=1S/C27H58O7Si3/c1-12-35(13-2,14-3)32-23-22(21-29-10)31-26(27(28)30-11)25(34-37(18-7,19-8)20-9)24(23)33-36(15-4,16-5)17-6/h22-26H,12-21H2,1-11H3/t22-,23-,24+,25-,26+/m1/s1/i10TD/t10?,22-,23-,24+,25-,26+. The first-order valence-electron chi connectivity index (χ1n) is 15.9. The van der Waals surface area contributed by atoms with Crippen LogP contribution in [0.2, 0.25) is 54.4 Å². The van der Waals surface area contributed by atoms with Crippen molar-refractivity contribution in [1.29, 1.82) is 0 Å². The SMILES string of the molecule is [2H]C([3H])OC[C@H]1O[C@H](C(=O)OC)[C@H](O[Si](CC)(CC)CC)[C@@H](O[Si](CC)(CC)CC)[C@@H]1O[Si](CC)(CC)CC. The average molecular weight is 582 g/mol. The lowest BCUT2D eigenvalue weighted by Gasteiger charge is -2.52. The smallest absolute Gasteiger partial charge is 0.337 e. The molecule has 1 unspecified atom stereocenters. The van der Waals surface area contributed by atoms with E-state index in [2.05, 4.69) is 62.3 Å². The number of methoxy groups -OCH3 is 2. The molecule has 0 spiro atoms. The summed E-state index contributed by atoms with van der Waals surface area (Å²) >= 11 is 0. The van der Waals surface area contributed by atoms with Crippen LogP contribution in [0.5, 0.6) is 0 Å². The number of ether oxygens (including phenoxy) is 3. The summed E-state index contributed by atoms with van der Waals surface area (Å²) in [6, 6.07) is 8.42. The minimum Gasteiger partial charge on any atom is -0.467 e. The Morgan fingerprint density at radius 3 is 1.46 bits per heavy atom. The lowest BCUT2D eigenvalue weighted by molar-refractivity contribution is -0.226. The van der Waals surface area contributed by atoms with Gasteiger partial charge in [0.25, 0.3) is 0 Å².